The molecule has 2 aromatic heterocycles. The summed E-state index contributed by atoms with van der Waals surface area (Å²) in [6.45, 7) is 0.295. The van der Waals surface area contributed by atoms with Gasteiger partial charge in [-0.25, -0.2) is 13.9 Å². The molecule has 11 heteroatoms. The SMILES string of the molecule is O=C1COc2ccc(CNC(=O)c3cc(C(=O)NCc4ccccc4)n4ncc(F)c4n3)cc2N1. The Balaban J connectivity index is 1.34. The molecule has 3 amide bonds. The first-order chi connectivity index (χ1) is 17.0. The van der Waals surface area contributed by atoms with E-state index in [-0.39, 0.29) is 42.6 Å². The Kier molecular flexibility index (Phi) is 5.80. The number of nitrogens with zero attached hydrogens (tertiary/aromatic N) is 3. The molecule has 0 saturated heterocycles. The van der Waals surface area contributed by atoms with Crippen LogP contribution in [-0.2, 0) is 17.9 Å². The van der Waals surface area contributed by atoms with Crippen LogP contribution in [0.5, 0.6) is 5.75 Å². The van der Waals surface area contributed by atoms with Crippen molar-refractivity contribution in [2.45, 2.75) is 13.1 Å². The molecule has 10 nitrogen and oxygen atoms in total. The zero-order chi connectivity index (χ0) is 24.4. The van der Waals surface area contributed by atoms with Gasteiger partial charge in [0, 0.05) is 19.2 Å². The summed E-state index contributed by atoms with van der Waals surface area (Å²) in [4.78, 5) is 41.3. The van der Waals surface area contributed by atoms with Crippen molar-refractivity contribution in [1.29, 1.82) is 0 Å². The number of amides is 3. The van der Waals surface area contributed by atoms with E-state index in [9.17, 15) is 18.8 Å². The Morgan fingerprint density at radius 1 is 1.03 bits per heavy atom. The lowest BCUT2D eigenvalue weighted by molar-refractivity contribution is -0.118. The highest BCUT2D eigenvalue weighted by Crippen LogP contribution is 2.28. The van der Waals surface area contributed by atoms with Crippen molar-refractivity contribution in [2.24, 2.45) is 0 Å². The lowest BCUT2D eigenvalue weighted by atomic mass is 10.1. The Hall–Kier alpha value is -4.80. The minimum absolute atomic E-state index is 0.0337. The van der Waals surface area contributed by atoms with Gasteiger partial charge in [0.1, 0.15) is 17.1 Å². The Morgan fingerprint density at radius 2 is 1.80 bits per heavy atom. The first kappa shape index (κ1) is 22.0. The molecule has 0 aliphatic carbocycles. The number of fused-ring (bicyclic) bond motifs is 2. The summed E-state index contributed by atoms with van der Waals surface area (Å²) in [5, 5.41) is 12.0. The maximum atomic E-state index is 14.3. The maximum absolute atomic E-state index is 14.3. The summed E-state index contributed by atoms with van der Waals surface area (Å²) in [6, 6.07) is 15.6. The van der Waals surface area contributed by atoms with E-state index in [1.165, 1.54) is 6.07 Å². The molecule has 5 rings (SSSR count). The largest absolute Gasteiger partial charge is 0.482 e. The summed E-state index contributed by atoms with van der Waals surface area (Å²) in [5.41, 5.74) is 1.66. The van der Waals surface area contributed by atoms with E-state index in [2.05, 4.69) is 26.0 Å². The number of aromatic nitrogens is 3. The molecule has 4 aromatic rings. The average molecular weight is 474 g/mol. The van der Waals surface area contributed by atoms with Crippen molar-refractivity contribution in [1.82, 2.24) is 25.2 Å². The van der Waals surface area contributed by atoms with E-state index in [0.29, 0.717) is 17.0 Å². The molecule has 0 radical (unpaired) electrons. The van der Waals surface area contributed by atoms with Gasteiger partial charge in [0.05, 0.1) is 11.9 Å². The van der Waals surface area contributed by atoms with Crippen LogP contribution in [0.15, 0.2) is 60.8 Å². The molecule has 0 saturated carbocycles. The molecule has 1 aliphatic rings. The van der Waals surface area contributed by atoms with E-state index >= 15 is 0 Å². The van der Waals surface area contributed by atoms with Crippen LogP contribution in [0.25, 0.3) is 5.65 Å². The molecule has 3 N–H and O–H groups in total. The molecule has 0 atom stereocenters. The second-order valence-electron chi connectivity index (χ2n) is 7.77. The quantitative estimate of drug-likeness (QED) is 0.393. The molecule has 0 fully saturated rings. The second kappa shape index (κ2) is 9.21. The van der Waals surface area contributed by atoms with Gasteiger partial charge in [-0.3, -0.25) is 14.4 Å². The van der Waals surface area contributed by atoms with Crippen LogP contribution >= 0.6 is 0 Å². The number of hydrogen-bond acceptors (Lipinski definition) is 6. The molecule has 0 unspecified atom stereocenters. The highest BCUT2D eigenvalue weighted by Gasteiger charge is 2.20. The normalized spacial score (nSPS) is 12.4. The van der Waals surface area contributed by atoms with Crippen molar-refractivity contribution < 1.29 is 23.5 Å². The molecule has 0 spiro atoms. The molecule has 2 aromatic carbocycles. The fraction of sp³-hybridized carbons (Fsp3) is 0.125. The molecular formula is C24H19FN6O4. The topological polar surface area (TPSA) is 127 Å². The Bertz CT molecular complexity index is 1450. The Labute approximate surface area is 198 Å². The Morgan fingerprint density at radius 3 is 2.63 bits per heavy atom. The van der Waals surface area contributed by atoms with Crippen molar-refractivity contribution in [3.63, 3.8) is 0 Å². The number of anilines is 1. The molecule has 35 heavy (non-hydrogen) atoms. The standard InChI is InChI=1S/C24H19FN6O4/c25-16-12-28-31-19(24(34)27-10-14-4-2-1-3-5-14)9-18(30-22(16)31)23(33)26-11-15-6-7-20-17(8-15)29-21(32)13-35-20/h1-9,12H,10-11,13H2,(H,26,33)(H,27,34)(H,29,32). The monoisotopic (exact) mass is 474 g/mol. The molecule has 176 valence electrons. The van der Waals surface area contributed by atoms with Crippen LogP contribution in [0, 0.1) is 5.82 Å². The second-order valence-corrected chi connectivity index (χ2v) is 7.77. The van der Waals surface area contributed by atoms with Gasteiger partial charge in [-0.2, -0.15) is 5.10 Å². The fourth-order valence-electron chi connectivity index (χ4n) is 3.60. The van der Waals surface area contributed by atoms with Crippen molar-refractivity contribution in [3.8, 4) is 5.75 Å². The number of carbonyl (C=O) groups is 3. The van der Waals surface area contributed by atoms with Gasteiger partial charge in [-0.1, -0.05) is 36.4 Å². The summed E-state index contributed by atoms with van der Waals surface area (Å²) < 4.78 is 20.6. The van der Waals surface area contributed by atoms with E-state index in [0.717, 1.165) is 16.3 Å². The van der Waals surface area contributed by atoms with Crippen molar-refractivity contribution in [2.75, 3.05) is 11.9 Å². The maximum Gasteiger partial charge on any atom is 0.270 e. The third kappa shape index (κ3) is 4.64. The first-order valence-electron chi connectivity index (χ1n) is 10.7. The molecule has 1 aliphatic heterocycles. The first-order valence-corrected chi connectivity index (χ1v) is 10.7. The highest BCUT2D eigenvalue weighted by atomic mass is 19.1. The van der Waals surface area contributed by atoms with Crippen LogP contribution in [0.2, 0.25) is 0 Å². The number of ether oxygens (including phenoxy) is 1. The predicted molar refractivity (Wildman–Crippen MR) is 122 cm³/mol. The van der Waals surface area contributed by atoms with E-state index < -0.39 is 17.6 Å². The molecular weight excluding hydrogens is 455 g/mol. The smallest absolute Gasteiger partial charge is 0.270 e. The minimum Gasteiger partial charge on any atom is -0.482 e. The summed E-state index contributed by atoms with van der Waals surface area (Å²) in [6.07, 6.45) is 0.932. The summed E-state index contributed by atoms with van der Waals surface area (Å²) >= 11 is 0. The summed E-state index contributed by atoms with van der Waals surface area (Å²) in [7, 11) is 0. The molecule has 0 bridgehead atoms. The highest BCUT2D eigenvalue weighted by molar-refractivity contribution is 5.98. The zero-order valence-corrected chi connectivity index (χ0v) is 18.2. The lowest BCUT2D eigenvalue weighted by Gasteiger charge is -2.18. The van der Waals surface area contributed by atoms with Gasteiger partial charge >= 0.3 is 0 Å². The third-order valence-electron chi connectivity index (χ3n) is 5.32. The third-order valence-corrected chi connectivity index (χ3v) is 5.32. The number of nitrogens with one attached hydrogen (secondary N) is 3. The van der Waals surface area contributed by atoms with Crippen molar-refractivity contribution in [3.05, 3.63) is 89.1 Å². The van der Waals surface area contributed by atoms with Crippen LogP contribution in [0.4, 0.5) is 10.1 Å². The van der Waals surface area contributed by atoms with Crippen LogP contribution in [0.3, 0.4) is 0 Å². The van der Waals surface area contributed by atoms with E-state index in [4.69, 9.17) is 4.74 Å². The fourth-order valence-corrected chi connectivity index (χ4v) is 3.60. The number of hydrogen-bond donors (Lipinski definition) is 3. The zero-order valence-electron chi connectivity index (χ0n) is 18.2. The van der Waals surface area contributed by atoms with E-state index in [1.54, 1.807) is 18.2 Å². The number of rotatable bonds is 6. The number of halogens is 1. The number of carbonyl (C=O) groups excluding carboxylic acids is 3. The van der Waals surface area contributed by atoms with Gasteiger partial charge in [0.25, 0.3) is 17.7 Å². The van der Waals surface area contributed by atoms with E-state index in [1.807, 2.05) is 30.3 Å². The van der Waals surface area contributed by atoms with Gasteiger partial charge < -0.3 is 20.7 Å². The van der Waals surface area contributed by atoms with Gasteiger partial charge in [-0.15, -0.1) is 0 Å². The van der Waals surface area contributed by atoms with Gasteiger partial charge in [-0.05, 0) is 23.3 Å². The average Bonchev–Trinajstić information content (AvgIpc) is 3.26. The van der Waals surface area contributed by atoms with Gasteiger partial charge in [0.2, 0.25) is 0 Å². The van der Waals surface area contributed by atoms with Gasteiger partial charge in [0.15, 0.2) is 18.1 Å². The number of benzene rings is 2. The van der Waals surface area contributed by atoms with Crippen LogP contribution < -0.4 is 20.7 Å². The van der Waals surface area contributed by atoms with Crippen LogP contribution in [0.1, 0.15) is 32.1 Å². The lowest BCUT2D eigenvalue weighted by Crippen LogP contribution is -2.29. The summed E-state index contributed by atoms with van der Waals surface area (Å²) in [5.74, 6) is -1.64. The molecule has 3 heterocycles. The predicted octanol–water partition coefficient (Wildman–Crippen LogP) is 2.06. The van der Waals surface area contributed by atoms with Crippen LogP contribution in [-0.4, -0.2) is 38.9 Å². The van der Waals surface area contributed by atoms with Crippen molar-refractivity contribution >= 4 is 29.1 Å². The minimum atomic E-state index is -0.762.